The van der Waals surface area contributed by atoms with Crippen LogP contribution >= 0.6 is 11.3 Å². The number of thiophene rings is 1. The summed E-state index contributed by atoms with van der Waals surface area (Å²) < 4.78 is 13.9. The van der Waals surface area contributed by atoms with E-state index in [2.05, 4.69) is 28.3 Å². The van der Waals surface area contributed by atoms with Crippen molar-refractivity contribution in [1.82, 2.24) is 4.90 Å². The SMILES string of the molecule is CN1CCN2c3cc(F)ccc3C(c3cccs3)=NCC2C1. The summed E-state index contributed by atoms with van der Waals surface area (Å²) in [6.07, 6.45) is 0. The lowest BCUT2D eigenvalue weighted by Crippen LogP contribution is -2.53. The molecule has 1 saturated heterocycles. The van der Waals surface area contributed by atoms with Crippen molar-refractivity contribution in [2.75, 3.05) is 38.1 Å². The predicted octanol–water partition coefficient (Wildman–Crippen LogP) is 2.86. The summed E-state index contributed by atoms with van der Waals surface area (Å²) in [5, 5.41) is 2.06. The largest absolute Gasteiger partial charge is 0.363 e. The van der Waals surface area contributed by atoms with Gasteiger partial charge in [0, 0.05) is 30.9 Å². The van der Waals surface area contributed by atoms with Gasteiger partial charge in [-0.1, -0.05) is 6.07 Å². The molecule has 0 spiro atoms. The molecule has 3 nitrogen and oxygen atoms in total. The Bertz CT molecular complexity index is 711. The second-order valence-electron chi connectivity index (χ2n) is 5.94. The number of hydrogen-bond donors (Lipinski definition) is 0. The molecule has 5 heteroatoms. The van der Waals surface area contributed by atoms with E-state index in [-0.39, 0.29) is 5.82 Å². The zero-order chi connectivity index (χ0) is 15.1. The third-order valence-electron chi connectivity index (χ3n) is 4.42. The number of benzene rings is 1. The van der Waals surface area contributed by atoms with E-state index in [9.17, 15) is 4.39 Å². The van der Waals surface area contributed by atoms with E-state index >= 15 is 0 Å². The minimum atomic E-state index is -0.177. The third-order valence-corrected chi connectivity index (χ3v) is 5.30. The van der Waals surface area contributed by atoms with E-state index in [0.717, 1.165) is 48.0 Å². The Morgan fingerprint density at radius 2 is 2.18 bits per heavy atom. The highest BCUT2D eigenvalue weighted by atomic mass is 32.1. The van der Waals surface area contributed by atoms with Crippen molar-refractivity contribution < 1.29 is 4.39 Å². The van der Waals surface area contributed by atoms with E-state index in [1.54, 1.807) is 23.5 Å². The van der Waals surface area contributed by atoms with Crippen LogP contribution in [0.25, 0.3) is 0 Å². The molecule has 1 aromatic carbocycles. The summed E-state index contributed by atoms with van der Waals surface area (Å²) >= 11 is 1.69. The van der Waals surface area contributed by atoms with Crippen LogP contribution in [0, 0.1) is 5.82 Å². The van der Waals surface area contributed by atoms with Gasteiger partial charge in [0.05, 0.1) is 23.2 Å². The van der Waals surface area contributed by atoms with Crippen molar-refractivity contribution in [1.29, 1.82) is 0 Å². The zero-order valence-electron chi connectivity index (χ0n) is 12.5. The molecule has 0 amide bonds. The molecule has 4 rings (SSSR count). The van der Waals surface area contributed by atoms with Gasteiger partial charge in [-0.15, -0.1) is 11.3 Å². The summed E-state index contributed by atoms with van der Waals surface area (Å²) in [4.78, 5) is 10.7. The van der Waals surface area contributed by atoms with Gasteiger partial charge < -0.3 is 9.80 Å². The summed E-state index contributed by atoms with van der Waals surface area (Å²) in [5.74, 6) is -0.177. The first-order chi connectivity index (χ1) is 10.7. The fourth-order valence-corrected chi connectivity index (χ4v) is 4.08. The Labute approximate surface area is 133 Å². The van der Waals surface area contributed by atoms with Gasteiger partial charge in [-0.3, -0.25) is 4.99 Å². The van der Waals surface area contributed by atoms with Gasteiger partial charge in [0.15, 0.2) is 0 Å². The molecule has 22 heavy (non-hydrogen) atoms. The minimum absolute atomic E-state index is 0.177. The Morgan fingerprint density at radius 1 is 1.27 bits per heavy atom. The quantitative estimate of drug-likeness (QED) is 0.806. The predicted molar refractivity (Wildman–Crippen MR) is 89.9 cm³/mol. The maximum Gasteiger partial charge on any atom is 0.125 e. The molecule has 3 heterocycles. The first-order valence-corrected chi connectivity index (χ1v) is 8.44. The average Bonchev–Trinajstić information content (AvgIpc) is 2.98. The molecular weight excluding hydrogens is 297 g/mol. The lowest BCUT2D eigenvalue weighted by Gasteiger charge is -2.40. The van der Waals surface area contributed by atoms with Crippen molar-refractivity contribution in [3.8, 4) is 0 Å². The second kappa shape index (κ2) is 5.48. The van der Waals surface area contributed by atoms with Crippen LogP contribution < -0.4 is 4.90 Å². The number of halogens is 1. The van der Waals surface area contributed by atoms with Crippen LogP contribution in [-0.4, -0.2) is 49.9 Å². The van der Waals surface area contributed by atoms with E-state index in [1.165, 1.54) is 0 Å². The highest BCUT2D eigenvalue weighted by Crippen LogP contribution is 2.31. The maximum atomic E-state index is 13.9. The number of piperazine rings is 1. The van der Waals surface area contributed by atoms with Crippen molar-refractivity contribution in [2.24, 2.45) is 4.99 Å². The molecule has 2 aliphatic rings. The van der Waals surface area contributed by atoms with Gasteiger partial charge in [-0.2, -0.15) is 0 Å². The number of aliphatic imine (C=N–C) groups is 1. The van der Waals surface area contributed by atoms with Crippen molar-refractivity contribution in [3.63, 3.8) is 0 Å². The summed E-state index contributed by atoms with van der Waals surface area (Å²) in [7, 11) is 2.14. The van der Waals surface area contributed by atoms with Crippen LogP contribution in [0.4, 0.5) is 10.1 Å². The number of anilines is 1. The highest BCUT2D eigenvalue weighted by molar-refractivity contribution is 7.12. The fourth-order valence-electron chi connectivity index (χ4n) is 3.33. The molecule has 1 fully saturated rings. The van der Waals surface area contributed by atoms with E-state index in [0.29, 0.717) is 6.04 Å². The second-order valence-corrected chi connectivity index (χ2v) is 6.89. The molecule has 0 saturated carbocycles. The molecule has 0 bridgehead atoms. The van der Waals surface area contributed by atoms with Crippen LogP contribution in [0.1, 0.15) is 10.4 Å². The number of nitrogens with zero attached hydrogens (tertiary/aromatic N) is 3. The van der Waals surface area contributed by atoms with Gasteiger partial charge in [-0.05, 0) is 36.7 Å². The van der Waals surface area contributed by atoms with E-state index < -0.39 is 0 Å². The molecule has 0 N–H and O–H groups in total. The highest BCUT2D eigenvalue weighted by Gasteiger charge is 2.30. The van der Waals surface area contributed by atoms with Crippen LogP contribution in [0.3, 0.4) is 0 Å². The topological polar surface area (TPSA) is 18.8 Å². The van der Waals surface area contributed by atoms with Crippen molar-refractivity contribution in [2.45, 2.75) is 6.04 Å². The normalized spacial score (nSPS) is 21.8. The maximum absolute atomic E-state index is 13.9. The van der Waals surface area contributed by atoms with Crippen LogP contribution in [0.5, 0.6) is 0 Å². The fraction of sp³-hybridized carbons (Fsp3) is 0.353. The first-order valence-electron chi connectivity index (χ1n) is 7.56. The minimum Gasteiger partial charge on any atom is -0.363 e. The van der Waals surface area contributed by atoms with Crippen LogP contribution in [0.2, 0.25) is 0 Å². The Morgan fingerprint density at radius 3 is 3.00 bits per heavy atom. The Balaban J connectivity index is 1.85. The summed E-state index contributed by atoms with van der Waals surface area (Å²) in [6.45, 7) is 3.65. The Kier molecular flexibility index (Phi) is 3.47. The zero-order valence-corrected chi connectivity index (χ0v) is 13.3. The van der Waals surface area contributed by atoms with E-state index in [4.69, 9.17) is 4.99 Å². The molecule has 0 radical (unpaired) electrons. The van der Waals surface area contributed by atoms with Gasteiger partial charge in [-0.25, -0.2) is 4.39 Å². The molecule has 2 aliphatic heterocycles. The van der Waals surface area contributed by atoms with Gasteiger partial charge in [0.25, 0.3) is 0 Å². The standard InChI is InChI=1S/C17H18FN3S/c1-20-6-7-21-13(11-20)10-19-17(16-3-2-8-22-16)14-5-4-12(18)9-15(14)21/h2-5,8-9,13H,6-7,10-11H2,1H3. The van der Waals surface area contributed by atoms with Crippen molar-refractivity contribution >= 4 is 22.7 Å². The monoisotopic (exact) mass is 315 g/mol. The van der Waals surface area contributed by atoms with Gasteiger partial charge >= 0.3 is 0 Å². The Hall–Kier alpha value is -1.72. The molecule has 1 unspecified atom stereocenters. The van der Waals surface area contributed by atoms with Crippen LogP contribution in [-0.2, 0) is 0 Å². The van der Waals surface area contributed by atoms with Crippen molar-refractivity contribution in [3.05, 3.63) is 52.0 Å². The van der Waals surface area contributed by atoms with Gasteiger partial charge in [0.2, 0.25) is 0 Å². The molecular formula is C17H18FN3S. The van der Waals surface area contributed by atoms with Gasteiger partial charge in [0.1, 0.15) is 5.82 Å². The van der Waals surface area contributed by atoms with Crippen LogP contribution in [0.15, 0.2) is 40.7 Å². The lowest BCUT2D eigenvalue weighted by molar-refractivity contribution is 0.270. The molecule has 1 atom stereocenters. The molecule has 114 valence electrons. The smallest absolute Gasteiger partial charge is 0.125 e. The third kappa shape index (κ3) is 2.34. The number of fused-ring (bicyclic) bond motifs is 3. The number of rotatable bonds is 1. The van der Waals surface area contributed by atoms with E-state index in [1.807, 2.05) is 12.1 Å². The molecule has 1 aromatic heterocycles. The first kappa shape index (κ1) is 13.9. The summed E-state index contributed by atoms with van der Waals surface area (Å²) in [6, 6.07) is 9.53. The number of likely N-dealkylation sites (N-methyl/N-ethyl adjacent to an activating group) is 1. The molecule has 0 aliphatic carbocycles. The summed E-state index contributed by atoms with van der Waals surface area (Å²) in [5.41, 5.74) is 3.04. The average molecular weight is 315 g/mol. The molecule has 2 aromatic rings. The number of hydrogen-bond acceptors (Lipinski definition) is 4. The lowest BCUT2D eigenvalue weighted by atomic mass is 10.0.